The number of hydrogen-bond donors (Lipinski definition) is 2. The lowest BCUT2D eigenvalue weighted by Gasteiger charge is -2.31. The highest BCUT2D eigenvalue weighted by atomic mass is 15.3. The third-order valence-corrected chi connectivity index (χ3v) is 2.04. The van der Waals surface area contributed by atoms with Gasteiger partial charge in [0, 0.05) is 26.2 Å². The molecule has 1 aliphatic rings. The zero-order valence-corrected chi connectivity index (χ0v) is 6.64. The fourth-order valence-electron chi connectivity index (χ4n) is 1.27. The zero-order valence-electron chi connectivity index (χ0n) is 6.64. The standard InChI is InChI=1S/C7H17N3/c1-2-7(8)10-5-3-9-4-6-10/h7,9H,2-6,8H2,1H3. The Morgan fingerprint density at radius 2 is 2.10 bits per heavy atom. The van der Waals surface area contributed by atoms with Crippen molar-refractivity contribution in [2.75, 3.05) is 26.2 Å². The summed E-state index contributed by atoms with van der Waals surface area (Å²) in [6.45, 7) is 6.53. The Kier molecular flexibility index (Phi) is 3.12. The van der Waals surface area contributed by atoms with Crippen LogP contribution in [0.1, 0.15) is 13.3 Å². The molecule has 0 bridgehead atoms. The highest BCUT2D eigenvalue weighted by molar-refractivity contribution is 4.71. The second-order valence-corrected chi connectivity index (χ2v) is 2.76. The smallest absolute Gasteiger partial charge is 0.0570 e. The van der Waals surface area contributed by atoms with Crippen LogP contribution in [0.3, 0.4) is 0 Å². The van der Waals surface area contributed by atoms with Gasteiger partial charge in [-0.2, -0.15) is 0 Å². The number of nitrogens with zero attached hydrogens (tertiary/aromatic N) is 1. The van der Waals surface area contributed by atoms with Gasteiger partial charge >= 0.3 is 0 Å². The molecule has 1 rings (SSSR count). The molecule has 0 aliphatic carbocycles. The molecule has 0 amide bonds. The first kappa shape index (κ1) is 7.98. The van der Waals surface area contributed by atoms with E-state index in [2.05, 4.69) is 17.1 Å². The molecule has 0 saturated carbocycles. The number of rotatable bonds is 2. The molecule has 3 N–H and O–H groups in total. The van der Waals surface area contributed by atoms with Crippen LogP contribution in [0, 0.1) is 0 Å². The van der Waals surface area contributed by atoms with Crippen molar-refractivity contribution in [3.63, 3.8) is 0 Å². The molecule has 1 aliphatic heterocycles. The average molecular weight is 143 g/mol. The molecule has 10 heavy (non-hydrogen) atoms. The van der Waals surface area contributed by atoms with Crippen LogP contribution in [0.4, 0.5) is 0 Å². The molecule has 1 unspecified atom stereocenters. The van der Waals surface area contributed by atoms with E-state index in [1.54, 1.807) is 0 Å². The number of nitrogens with two attached hydrogens (primary N) is 1. The summed E-state index contributed by atoms with van der Waals surface area (Å²) >= 11 is 0. The molecule has 0 aromatic rings. The predicted octanol–water partition coefficient (Wildman–Crippen LogP) is -0.414. The maximum Gasteiger partial charge on any atom is 0.0570 e. The quantitative estimate of drug-likeness (QED) is 0.552. The number of nitrogens with one attached hydrogen (secondary N) is 1. The van der Waals surface area contributed by atoms with Crippen molar-refractivity contribution in [2.24, 2.45) is 5.73 Å². The van der Waals surface area contributed by atoms with Gasteiger partial charge in [-0.1, -0.05) is 6.92 Å². The molecule has 1 saturated heterocycles. The van der Waals surface area contributed by atoms with Gasteiger partial charge in [0.15, 0.2) is 0 Å². The van der Waals surface area contributed by atoms with Crippen molar-refractivity contribution in [3.8, 4) is 0 Å². The highest BCUT2D eigenvalue weighted by Gasteiger charge is 2.13. The van der Waals surface area contributed by atoms with Gasteiger partial charge in [0.25, 0.3) is 0 Å². The lowest BCUT2D eigenvalue weighted by Crippen LogP contribution is -2.51. The lowest BCUT2D eigenvalue weighted by molar-refractivity contribution is 0.172. The van der Waals surface area contributed by atoms with Gasteiger partial charge in [-0.15, -0.1) is 0 Å². The van der Waals surface area contributed by atoms with Crippen LogP contribution in [0.5, 0.6) is 0 Å². The molecule has 0 aromatic carbocycles. The minimum absolute atomic E-state index is 0.280. The zero-order chi connectivity index (χ0) is 7.40. The van der Waals surface area contributed by atoms with Crippen LogP contribution < -0.4 is 11.1 Å². The van der Waals surface area contributed by atoms with Crippen molar-refractivity contribution >= 4 is 0 Å². The van der Waals surface area contributed by atoms with Gasteiger partial charge in [0.2, 0.25) is 0 Å². The maximum atomic E-state index is 5.85. The molecule has 1 atom stereocenters. The van der Waals surface area contributed by atoms with E-state index in [4.69, 9.17) is 5.73 Å². The summed E-state index contributed by atoms with van der Waals surface area (Å²) in [5.41, 5.74) is 5.85. The third kappa shape index (κ3) is 1.94. The summed E-state index contributed by atoms with van der Waals surface area (Å²) < 4.78 is 0. The van der Waals surface area contributed by atoms with Gasteiger partial charge in [0.1, 0.15) is 0 Å². The topological polar surface area (TPSA) is 41.3 Å². The minimum Gasteiger partial charge on any atom is -0.316 e. The van der Waals surface area contributed by atoms with E-state index in [-0.39, 0.29) is 6.17 Å². The molecular formula is C7H17N3. The Balaban J connectivity index is 2.24. The first-order chi connectivity index (χ1) is 4.84. The van der Waals surface area contributed by atoms with Crippen molar-refractivity contribution in [3.05, 3.63) is 0 Å². The second kappa shape index (κ2) is 3.91. The van der Waals surface area contributed by atoms with Gasteiger partial charge in [-0.05, 0) is 6.42 Å². The van der Waals surface area contributed by atoms with Gasteiger partial charge < -0.3 is 11.1 Å². The Bertz CT molecular complexity index is 88.9. The molecular weight excluding hydrogens is 126 g/mol. The van der Waals surface area contributed by atoms with E-state index in [0.717, 1.165) is 32.6 Å². The van der Waals surface area contributed by atoms with Crippen LogP contribution >= 0.6 is 0 Å². The molecule has 1 fully saturated rings. The lowest BCUT2D eigenvalue weighted by atomic mass is 10.3. The molecule has 0 aromatic heterocycles. The Morgan fingerprint density at radius 3 is 2.60 bits per heavy atom. The second-order valence-electron chi connectivity index (χ2n) is 2.76. The minimum atomic E-state index is 0.280. The fraction of sp³-hybridized carbons (Fsp3) is 1.00. The van der Waals surface area contributed by atoms with E-state index < -0.39 is 0 Å². The number of hydrogen-bond acceptors (Lipinski definition) is 3. The van der Waals surface area contributed by atoms with Crippen LogP contribution in [0.2, 0.25) is 0 Å². The van der Waals surface area contributed by atoms with Crippen molar-refractivity contribution in [2.45, 2.75) is 19.5 Å². The van der Waals surface area contributed by atoms with Gasteiger partial charge in [-0.3, -0.25) is 4.90 Å². The first-order valence-electron chi connectivity index (χ1n) is 4.05. The van der Waals surface area contributed by atoms with E-state index in [1.807, 2.05) is 0 Å². The van der Waals surface area contributed by atoms with Crippen LogP contribution in [0.25, 0.3) is 0 Å². The maximum absolute atomic E-state index is 5.85. The summed E-state index contributed by atoms with van der Waals surface area (Å²) in [5.74, 6) is 0. The predicted molar refractivity (Wildman–Crippen MR) is 42.7 cm³/mol. The van der Waals surface area contributed by atoms with Crippen LogP contribution in [-0.2, 0) is 0 Å². The van der Waals surface area contributed by atoms with Gasteiger partial charge in [-0.25, -0.2) is 0 Å². The first-order valence-corrected chi connectivity index (χ1v) is 4.05. The van der Waals surface area contributed by atoms with Crippen LogP contribution in [0.15, 0.2) is 0 Å². The molecule has 60 valence electrons. The van der Waals surface area contributed by atoms with E-state index >= 15 is 0 Å². The normalized spacial score (nSPS) is 24.6. The molecule has 3 heteroatoms. The van der Waals surface area contributed by atoms with E-state index in [9.17, 15) is 0 Å². The Labute approximate surface area is 62.6 Å². The van der Waals surface area contributed by atoms with Gasteiger partial charge in [0.05, 0.1) is 6.17 Å². The summed E-state index contributed by atoms with van der Waals surface area (Å²) in [4.78, 5) is 2.33. The summed E-state index contributed by atoms with van der Waals surface area (Å²) in [6, 6.07) is 0. The van der Waals surface area contributed by atoms with E-state index in [1.165, 1.54) is 0 Å². The molecule has 3 nitrogen and oxygen atoms in total. The molecule has 0 radical (unpaired) electrons. The molecule has 0 spiro atoms. The van der Waals surface area contributed by atoms with Crippen molar-refractivity contribution in [1.82, 2.24) is 10.2 Å². The SMILES string of the molecule is CCC(N)N1CCNCC1. The third-order valence-electron chi connectivity index (χ3n) is 2.04. The molecule has 1 heterocycles. The summed E-state index contributed by atoms with van der Waals surface area (Å²) in [7, 11) is 0. The highest BCUT2D eigenvalue weighted by Crippen LogP contribution is 1.98. The van der Waals surface area contributed by atoms with Crippen LogP contribution in [-0.4, -0.2) is 37.2 Å². The summed E-state index contributed by atoms with van der Waals surface area (Å²) in [5, 5.41) is 3.30. The average Bonchev–Trinajstić information content (AvgIpc) is 2.05. The van der Waals surface area contributed by atoms with Crippen molar-refractivity contribution < 1.29 is 0 Å². The van der Waals surface area contributed by atoms with Crippen molar-refractivity contribution in [1.29, 1.82) is 0 Å². The summed E-state index contributed by atoms with van der Waals surface area (Å²) in [6.07, 6.45) is 1.34. The number of piperazine rings is 1. The monoisotopic (exact) mass is 143 g/mol. The Hall–Kier alpha value is -0.120. The fourth-order valence-corrected chi connectivity index (χ4v) is 1.27. The largest absolute Gasteiger partial charge is 0.316 e. The Morgan fingerprint density at radius 1 is 1.50 bits per heavy atom. The van der Waals surface area contributed by atoms with E-state index in [0.29, 0.717) is 0 Å².